The van der Waals surface area contributed by atoms with Crippen LogP contribution in [0.4, 0.5) is 0 Å². The average Bonchev–Trinajstić information content (AvgIpc) is 3.83. The number of rotatable bonds is 6. The van der Waals surface area contributed by atoms with Gasteiger partial charge >= 0.3 is 0 Å². The molecule has 266 valence electrons. The third-order valence-electron chi connectivity index (χ3n) is 9.77. The van der Waals surface area contributed by atoms with Gasteiger partial charge in [0.25, 0.3) is 0 Å². The summed E-state index contributed by atoms with van der Waals surface area (Å²) < 4.78 is 0. The normalized spacial score (nSPS) is 11.5. The van der Waals surface area contributed by atoms with Gasteiger partial charge in [-0.2, -0.15) is 20.4 Å². The van der Waals surface area contributed by atoms with Crippen molar-refractivity contribution in [1.29, 1.82) is 0 Å². The minimum absolute atomic E-state index is 0.414. The molecule has 1 N–H and O–H groups in total. The maximum Gasteiger partial charge on any atom is 0.161 e. The molecule has 0 atom stereocenters. The van der Waals surface area contributed by atoms with Crippen molar-refractivity contribution in [2.24, 2.45) is 0 Å². The van der Waals surface area contributed by atoms with Crippen molar-refractivity contribution in [3.63, 3.8) is 0 Å². The highest BCUT2D eigenvalue weighted by Gasteiger charge is 2.31. The predicted octanol–water partition coefficient (Wildman–Crippen LogP) is 7.76. The summed E-state index contributed by atoms with van der Waals surface area (Å²) in [7, 11) is 0. The molecule has 7 heterocycles. The highest BCUT2D eigenvalue weighted by atomic mass is 15.1. The average molecular weight is 737 g/mol. The fourth-order valence-corrected chi connectivity index (χ4v) is 7.25. The Kier molecular flexibility index (Phi) is 7.41. The van der Waals surface area contributed by atoms with Crippen LogP contribution in [0, 0.1) is 0 Å². The first kappa shape index (κ1) is 32.1. The fraction of sp³-hybridized carbons (Fsp3) is 0. The molecule has 0 aliphatic heterocycles. The van der Waals surface area contributed by atoms with Crippen molar-refractivity contribution >= 4 is 43.6 Å². The highest BCUT2D eigenvalue weighted by molar-refractivity contribution is 6.15. The van der Waals surface area contributed by atoms with E-state index in [4.69, 9.17) is 40.2 Å². The lowest BCUT2D eigenvalue weighted by Crippen LogP contribution is -2.07. The second-order valence-corrected chi connectivity index (χ2v) is 13.1. The lowest BCUT2D eigenvalue weighted by atomic mass is 9.87. The first-order valence-electron chi connectivity index (χ1n) is 17.9. The molecule has 0 aliphatic carbocycles. The van der Waals surface area contributed by atoms with Crippen molar-refractivity contribution in [3.8, 4) is 67.9 Å². The van der Waals surface area contributed by atoms with E-state index in [1.807, 2.05) is 103 Å². The van der Waals surface area contributed by atoms with Crippen LogP contribution in [0.3, 0.4) is 0 Å². The Morgan fingerprint density at radius 3 is 2.07 bits per heavy atom. The van der Waals surface area contributed by atoms with Crippen molar-refractivity contribution in [3.05, 3.63) is 140 Å². The second-order valence-electron chi connectivity index (χ2n) is 13.1. The fourth-order valence-electron chi connectivity index (χ4n) is 7.25. The number of fused-ring (bicyclic) bond motifs is 4. The molecule has 0 unspecified atom stereocenters. The summed E-state index contributed by atoms with van der Waals surface area (Å²) in [5.74, 6) is 0.414. The number of aromatic amines is 1. The lowest BCUT2D eigenvalue weighted by molar-refractivity contribution is 1.03. The first-order valence-corrected chi connectivity index (χ1v) is 17.9. The third kappa shape index (κ3) is 5.39. The maximum atomic E-state index is 5.55. The maximum absolute atomic E-state index is 5.55. The summed E-state index contributed by atoms with van der Waals surface area (Å²) in [6.07, 6.45) is 11.9. The summed E-state index contributed by atoms with van der Waals surface area (Å²) in [6.45, 7) is 0. The SMILES string of the molecule is c1cnnc(-c2c(-c3ncc4ccccc4n3)c(-c3cc[nH]n3)c3nc(-c4nncc5ccccc45)c(-c4cc5ccccc5nn4)nc3c2-c2cnccn2)c1. The zero-order chi connectivity index (χ0) is 37.7. The van der Waals surface area contributed by atoms with Crippen molar-refractivity contribution in [2.45, 2.75) is 0 Å². The van der Waals surface area contributed by atoms with Crippen LogP contribution >= 0.6 is 0 Å². The van der Waals surface area contributed by atoms with E-state index in [1.165, 1.54) is 0 Å². The van der Waals surface area contributed by atoms with Gasteiger partial charge in [0.1, 0.15) is 33.8 Å². The molecular weight excluding hydrogens is 713 g/mol. The summed E-state index contributed by atoms with van der Waals surface area (Å²) >= 11 is 0. The van der Waals surface area contributed by atoms with Gasteiger partial charge in [-0.05, 0) is 36.4 Å². The van der Waals surface area contributed by atoms with Crippen molar-refractivity contribution < 1.29 is 0 Å². The molecule has 57 heavy (non-hydrogen) atoms. The van der Waals surface area contributed by atoms with Gasteiger partial charge in [-0.3, -0.25) is 15.1 Å². The summed E-state index contributed by atoms with van der Waals surface area (Å²) in [5, 5.41) is 38.6. The van der Waals surface area contributed by atoms with Gasteiger partial charge in [-0.1, -0.05) is 60.7 Å². The van der Waals surface area contributed by atoms with E-state index in [2.05, 4.69) is 30.5 Å². The van der Waals surface area contributed by atoms with Crippen LogP contribution in [-0.2, 0) is 0 Å². The molecule has 0 fully saturated rings. The van der Waals surface area contributed by atoms with Gasteiger partial charge in [-0.25, -0.2) is 19.9 Å². The van der Waals surface area contributed by atoms with E-state index >= 15 is 0 Å². The van der Waals surface area contributed by atoms with E-state index in [1.54, 1.807) is 37.2 Å². The van der Waals surface area contributed by atoms with Gasteiger partial charge in [0.2, 0.25) is 0 Å². The molecule has 0 saturated carbocycles. The quantitative estimate of drug-likeness (QED) is 0.175. The van der Waals surface area contributed by atoms with Gasteiger partial charge in [0.05, 0.1) is 40.5 Å². The number of hydrogen-bond donors (Lipinski definition) is 1. The van der Waals surface area contributed by atoms with Gasteiger partial charge in [0.15, 0.2) is 5.82 Å². The van der Waals surface area contributed by atoms with E-state index < -0.39 is 0 Å². The number of nitrogens with one attached hydrogen (secondary N) is 1. The summed E-state index contributed by atoms with van der Waals surface area (Å²) in [4.78, 5) is 30.5. The van der Waals surface area contributed by atoms with Gasteiger partial charge < -0.3 is 0 Å². The van der Waals surface area contributed by atoms with Gasteiger partial charge in [0, 0.05) is 74.8 Å². The smallest absolute Gasteiger partial charge is 0.161 e. The van der Waals surface area contributed by atoms with Crippen LogP contribution in [0.25, 0.3) is 112 Å². The molecule has 4 aromatic carbocycles. The number of benzene rings is 4. The van der Waals surface area contributed by atoms with Crippen LogP contribution in [-0.4, -0.2) is 70.7 Å². The molecule has 0 radical (unpaired) electrons. The van der Waals surface area contributed by atoms with Crippen LogP contribution < -0.4 is 0 Å². The van der Waals surface area contributed by atoms with E-state index in [-0.39, 0.29) is 0 Å². The Morgan fingerprint density at radius 1 is 0.439 bits per heavy atom. The molecule has 0 spiro atoms. The molecule has 14 nitrogen and oxygen atoms in total. The Labute approximate surface area is 321 Å². The standard InChI is InChI=1S/C43H24N14/c1-4-11-27-25(9-1)22-49-57-38(27)42-39(32-20-24-8-2-6-13-29(24)55-56-32)51-41-36(33-23-44-18-19-45-33)34(30-14-7-16-47-53-30)37(35(40(41)52-42)31-15-17-48-54-31)43-46-21-26-10-3-5-12-28(26)50-43/h1-23H,(H,48,54). The summed E-state index contributed by atoms with van der Waals surface area (Å²) in [5.41, 5.74) is 8.35. The largest absolute Gasteiger partial charge is 0.285 e. The molecule has 0 aliphatic rings. The number of H-pyrrole nitrogens is 1. The molecule has 14 heteroatoms. The minimum atomic E-state index is 0.414. The number of para-hydroxylation sites is 1. The topological polar surface area (TPSA) is 183 Å². The predicted molar refractivity (Wildman–Crippen MR) is 215 cm³/mol. The minimum Gasteiger partial charge on any atom is -0.285 e. The number of nitrogens with zero attached hydrogens (tertiary/aromatic N) is 13. The second kappa shape index (κ2) is 13.2. The van der Waals surface area contributed by atoms with E-state index in [0.717, 1.165) is 32.6 Å². The van der Waals surface area contributed by atoms with Crippen LogP contribution in [0.5, 0.6) is 0 Å². The van der Waals surface area contributed by atoms with Crippen LogP contribution in [0.2, 0.25) is 0 Å². The van der Waals surface area contributed by atoms with Crippen LogP contribution in [0.15, 0.2) is 140 Å². The molecule has 11 rings (SSSR count). The van der Waals surface area contributed by atoms with Gasteiger partial charge in [-0.15, -0.1) is 15.3 Å². The Bertz CT molecular complexity index is 3300. The Hall–Kier alpha value is -8.39. The molecule has 0 amide bonds. The molecule has 7 aromatic heterocycles. The number of hydrogen-bond acceptors (Lipinski definition) is 13. The number of aromatic nitrogens is 14. The van der Waals surface area contributed by atoms with Crippen molar-refractivity contribution in [1.82, 2.24) is 70.7 Å². The van der Waals surface area contributed by atoms with E-state index in [0.29, 0.717) is 79.0 Å². The zero-order valence-electron chi connectivity index (χ0n) is 29.6. The monoisotopic (exact) mass is 736 g/mol. The van der Waals surface area contributed by atoms with E-state index in [9.17, 15) is 0 Å². The Morgan fingerprint density at radius 2 is 1.25 bits per heavy atom. The molecule has 11 aromatic rings. The molecular formula is C43H24N14. The first-order chi connectivity index (χ1) is 28.3. The third-order valence-corrected chi connectivity index (χ3v) is 9.77. The molecule has 0 bridgehead atoms. The molecule has 0 saturated heterocycles. The highest BCUT2D eigenvalue weighted by Crippen LogP contribution is 2.49. The van der Waals surface area contributed by atoms with Crippen molar-refractivity contribution in [2.75, 3.05) is 0 Å². The zero-order valence-corrected chi connectivity index (χ0v) is 29.6. The Balaban J connectivity index is 1.38. The summed E-state index contributed by atoms with van der Waals surface area (Å²) in [6, 6.07) is 31.1. The van der Waals surface area contributed by atoms with Crippen LogP contribution in [0.1, 0.15) is 0 Å². The lowest BCUT2D eigenvalue weighted by Gasteiger charge is -2.21.